The van der Waals surface area contributed by atoms with E-state index in [0.717, 1.165) is 16.9 Å². The van der Waals surface area contributed by atoms with Crippen molar-refractivity contribution in [2.75, 3.05) is 25.6 Å². The Labute approximate surface area is 172 Å². The Kier molecular flexibility index (Phi) is 4.48. The van der Waals surface area contributed by atoms with Gasteiger partial charge in [-0.05, 0) is 42.5 Å². The molecule has 1 aliphatic heterocycles. The highest BCUT2D eigenvalue weighted by Gasteiger charge is 2.21. The van der Waals surface area contributed by atoms with Gasteiger partial charge in [-0.3, -0.25) is 4.79 Å². The molecule has 2 aromatic heterocycles. The lowest BCUT2D eigenvalue weighted by Gasteiger charge is -2.20. The van der Waals surface area contributed by atoms with Crippen molar-refractivity contribution in [2.24, 2.45) is 0 Å². The largest absolute Gasteiger partial charge is 0.495 e. The topological polar surface area (TPSA) is 74.1 Å². The molecule has 0 aliphatic carbocycles. The van der Waals surface area contributed by atoms with E-state index >= 15 is 0 Å². The van der Waals surface area contributed by atoms with Gasteiger partial charge in [0.25, 0.3) is 5.91 Å². The number of rotatable bonds is 4. The molecule has 150 valence electrons. The first-order chi connectivity index (χ1) is 14.7. The van der Waals surface area contributed by atoms with E-state index in [4.69, 9.17) is 14.2 Å². The lowest BCUT2D eigenvalue weighted by molar-refractivity contribution is 0.101. The number of anilines is 1. The number of methoxy groups -OCH3 is 1. The SMILES string of the molecule is COc1ccc(-c2cn3ccccc3n2)cc1NC(=O)c1cccc2c1OCCO2. The first kappa shape index (κ1) is 18.1. The highest BCUT2D eigenvalue weighted by molar-refractivity contribution is 6.07. The number of amides is 1. The summed E-state index contributed by atoms with van der Waals surface area (Å²) in [4.78, 5) is 17.7. The van der Waals surface area contributed by atoms with Crippen LogP contribution in [0.4, 0.5) is 5.69 Å². The Hall–Kier alpha value is -4.00. The van der Waals surface area contributed by atoms with Crippen LogP contribution in [0, 0.1) is 0 Å². The number of aromatic nitrogens is 2. The summed E-state index contributed by atoms with van der Waals surface area (Å²) >= 11 is 0. The molecule has 7 heteroatoms. The summed E-state index contributed by atoms with van der Waals surface area (Å²) in [6.07, 6.45) is 3.89. The van der Waals surface area contributed by atoms with Gasteiger partial charge >= 0.3 is 0 Å². The summed E-state index contributed by atoms with van der Waals surface area (Å²) < 4.78 is 18.6. The van der Waals surface area contributed by atoms with Crippen molar-refractivity contribution in [1.82, 2.24) is 9.38 Å². The Balaban J connectivity index is 1.49. The maximum Gasteiger partial charge on any atom is 0.259 e. The van der Waals surface area contributed by atoms with E-state index in [1.807, 2.05) is 53.2 Å². The molecule has 0 fully saturated rings. The second-order valence-corrected chi connectivity index (χ2v) is 6.79. The fraction of sp³-hybridized carbons (Fsp3) is 0.130. The van der Waals surface area contributed by atoms with E-state index in [-0.39, 0.29) is 5.91 Å². The first-order valence-corrected chi connectivity index (χ1v) is 9.55. The average Bonchev–Trinajstić information content (AvgIpc) is 3.23. The van der Waals surface area contributed by atoms with Crippen molar-refractivity contribution in [2.45, 2.75) is 0 Å². The molecule has 1 amide bonds. The number of benzene rings is 2. The van der Waals surface area contributed by atoms with Crippen molar-refractivity contribution in [3.05, 3.63) is 72.6 Å². The number of ether oxygens (including phenoxy) is 3. The number of fused-ring (bicyclic) bond motifs is 2. The highest BCUT2D eigenvalue weighted by Crippen LogP contribution is 2.35. The quantitative estimate of drug-likeness (QED) is 0.559. The van der Waals surface area contributed by atoms with Crippen LogP contribution in [-0.2, 0) is 0 Å². The second kappa shape index (κ2) is 7.44. The number of carbonyl (C=O) groups is 1. The van der Waals surface area contributed by atoms with Crippen molar-refractivity contribution < 1.29 is 19.0 Å². The van der Waals surface area contributed by atoms with Gasteiger partial charge in [-0.25, -0.2) is 4.98 Å². The van der Waals surface area contributed by atoms with Crippen LogP contribution < -0.4 is 19.5 Å². The normalized spacial score (nSPS) is 12.6. The third kappa shape index (κ3) is 3.20. The molecule has 5 rings (SSSR count). The van der Waals surface area contributed by atoms with Crippen LogP contribution in [0.1, 0.15) is 10.4 Å². The van der Waals surface area contributed by atoms with E-state index in [9.17, 15) is 4.79 Å². The van der Waals surface area contributed by atoms with Gasteiger partial charge in [0.05, 0.1) is 24.1 Å². The van der Waals surface area contributed by atoms with Crippen LogP contribution in [0.3, 0.4) is 0 Å². The summed E-state index contributed by atoms with van der Waals surface area (Å²) in [6, 6.07) is 16.7. The third-order valence-electron chi connectivity index (χ3n) is 4.92. The molecular formula is C23H19N3O4. The molecule has 0 radical (unpaired) electrons. The summed E-state index contributed by atoms with van der Waals surface area (Å²) in [5.41, 5.74) is 3.47. The van der Waals surface area contributed by atoms with E-state index < -0.39 is 0 Å². The molecule has 0 saturated carbocycles. The summed E-state index contributed by atoms with van der Waals surface area (Å²) in [7, 11) is 1.57. The maximum absolute atomic E-state index is 13.0. The highest BCUT2D eigenvalue weighted by atomic mass is 16.6. The minimum Gasteiger partial charge on any atom is -0.495 e. The number of imidazole rings is 1. The third-order valence-corrected chi connectivity index (χ3v) is 4.92. The monoisotopic (exact) mass is 401 g/mol. The predicted molar refractivity (Wildman–Crippen MR) is 113 cm³/mol. The molecule has 0 atom stereocenters. The molecule has 0 unspecified atom stereocenters. The van der Waals surface area contributed by atoms with Crippen LogP contribution >= 0.6 is 0 Å². The number of nitrogens with one attached hydrogen (secondary N) is 1. The Morgan fingerprint density at radius 1 is 1.10 bits per heavy atom. The molecule has 1 aliphatic rings. The van der Waals surface area contributed by atoms with E-state index in [2.05, 4.69) is 10.3 Å². The number of hydrogen-bond donors (Lipinski definition) is 1. The lowest BCUT2D eigenvalue weighted by atomic mass is 10.1. The minimum absolute atomic E-state index is 0.303. The number of hydrogen-bond acceptors (Lipinski definition) is 5. The van der Waals surface area contributed by atoms with Gasteiger partial charge in [-0.2, -0.15) is 0 Å². The van der Waals surface area contributed by atoms with E-state index in [0.29, 0.717) is 41.7 Å². The fourth-order valence-corrected chi connectivity index (χ4v) is 3.48. The zero-order valence-corrected chi connectivity index (χ0v) is 16.3. The number of nitrogens with zero attached hydrogens (tertiary/aromatic N) is 2. The molecule has 0 spiro atoms. The van der Waals surface area contributed by atoms with Crippen LogP contribution in [0.15, 0.2) is 67.0 Å². The lowest BCUT2D eigenvalue weighted by Crippen LogP contribution is -2.20. The van der Waals surface area contributed by atoms with Gasteiger partial charge in [0, 0.05) is 18.0 Å². The first-order valence-electron chi connectivity index (χ1n) is 9.55. The molecule has 1 N–H and O–H groups in total. The fourth-order valence-electron chi connectivity index (χ4n) is 3.48. The number of para-hydroxylation sites is 1. The molecule has 4 aromatic rings. The van der Waals surface area contributed by atoms with Crippen molar-refractivity contribution >= 4 is 17.2 Å². The number of pyridine rings is 1. The van der Waals surface area contributed by atoms with E-state index in [1.165, 1.54) is 0 Å². The van der Waals surface area contributed by atoms with Crippen molar-refractivity contribution in [3.63, 3.8) is 0 Å². The Morgan fingerprint density at radius 2 is 2.00 bits per heavy atom. The molecule has 3 heterocycles. The van der Waals surface area contributed by atoms with Crippen LogP contribution in [0.2, 0.25) is 0 Å². The van der Waals surface area contributed by atoms with Gasteiger partial charge in [0.15, 0.2) is 11.5 Å². The van der Waals surface area contributed by atoms with Gasteiger partial charge < -0.3 is 23.9 Å². The smallest absolute Gasteiger partial charge is 0.259 e. The minimum atomic E-state index is -0.303. The van der Waals surface area contributed by atoms with Crippen LogP contribution in [0.25, 0.3) is 16.9 Å². The van der Waals surface area contributed by atoms with Crippen molar-refractivity contribution in [3.8, 4) is 28.5 Å². The van der Waals surface area contributed by atoms with Crippen molar-refractivity contribution in [1.29, 1.82) is 0 Å². The zero-order chi connectivity index (χ0) is 20.5. The molecule has 7 nitrogen and oxygen atoms in total. The molecule has 2 aromatic carbocycles. The average molecular weight is 401 g/mol. The summed E-state index contributed by atoms with van der Waals surface area (Å²) in [6.45, 7) is 0.872. The zero-order valence-electron chi connectivity index (χ0n) is 16.3. The van der Waals surface area contributed by atoms with Crippen LogP contribution in [0.5, 0.6) is 17.2 Å². The second-order valence-electron chi connectivity index (χ2n) is 6.79. The Bertz CT molecular complexity index is 1220. The maximum atomic E-state index is 13.0. The standard InChI is InChI=1S/C23H19N3O4/c1-28-19-9-8-15(18-14-26-10-3-2-7-21(26)24-18)13-17(19)25-23(27)16-5-4-6-20-22(16)30-12-11-29-20/h2-10,13-14H,11-12H2,1H3,(H,25,27). The van der Waals surface area contributed by atoms with Gasteiger partial charge in [-0.15, -0.1) is 0 Å². The van der Waals surface area contributed by atoms with Crippen LogP contribution in [-0.4, -0.2) is 35.6 Å². The molecule has 30 heavy (non-hydrogen) atoms. The molecule has 0 saturated heterocycles. The van der Waals surface area contributed by atoms with Gasteiger partial charge in [-0.1, -0.05) is 12.1 Å². The van der Waals surface area contributed by atoms with Gasteiger partial charge in [0.2, 0.25) is 0 Å². The van der Waals surface area contributed by atoms with Gasteiger partial charge in [0.1, 0.15) is 24.6 Å². The molecule has 0 bridgehead atoms. The van der Waals surface area contributed by atoms with E-state index in [1.54, 1.807) is 25.3 Å². The summed E-state index contributed by atoms with van der Waals surface area (Å²) in [5.74, 6) is 1.27. The summed E-state index contributed by atoms with van der Waals surface area (Å²) in [5, 5.41) is 2.94. The molecular weight excluding hydrogens is 382 g/mol. The Morgan fingerprint density at radius 3 is 2.87 bits per heavy atom. The predicted octanol–water partition coefficient (Wildman–Crippen LogP) is 4.03. The number of carbonyl (C=O) groups excluding carboxylic acids is 1.